The van der Waals surface area contributed by atoms with Gasteiger partial charge in [0.2, 0.25) is 0 Å². The van der Waals surface area contributed by atoms with Crippen LogP contribution in [0.5, 0.6) is 5.75 Å². The van der Waals surface area contributed by atoms with Gasteiger partial charge in [0.25, 0.3) is 5.91 Å². The van der Waals surface area contributed by atoms with Crippen molar-refractivity contribution in [2.24, 2.45) is 0 Å². The molecule has 0 spiro atoms. The lowest BCUT2D eigenvalue weighted by Gasteiger charge is -2.17. The minimum absolute atomic E-state index is 0.0251. The predicted octanol–water partition coefficient (Wildman–Crippen LogP) is 1.86. The lowest BCUT2D eigenvalue weighted by Crippen LogP contribution is -2.39. The molecule has 2 rings (SSSR count). The predicted molar refractivity (Wildman–Crippen MR) is 76.6 cm³/mol. The molecular weight excluding hydrogens is 273 g/mol. The van der Waals surface area contributed by atoms with Crippen LogP contribution in [0.25, 0.3) is 0 Å². The van der Waals surface area contributed by atoms with E-state index < -0.39 is 23.5 Å². The molecule has 0 aromatic heterocycles. The maximum atomic E-state index is 12.9. The Kier molecular flexibility index (Phi) is 4.90. The number of rotatable bonds is 5. The van der Waals surface area contributed by atoms with E-state index in [2.05, 4.69) is 5.32 Å². The summed E-state index contributed by atoms with van der Waals surface area (Å²) in [6.45, 7) is -0.234. The van der Waals surface area contributed by atoms with E-state index in [0.29, 0.717) is 6.42 Å². The van der Waals surface area contributed by atoms with E-state index >= 15 is 0 Å². The van der Waals surface area contributed by atoms with Crippen LogP contribution >= 0.6 is 0 Å². The van der Waals surface area contributed by atoms with E-state index in [0.717, 1.165) is 17.7 Å². The monoisotopic (exact) mass is 289 g/mol. The highest BCUT2D eigenvalue weighted by atomic mass is 19.1. The fourth-order valence-corrected chi connectivity index (χ4v) is 2.02. The maximum absolute atomic E-state index is 12.9. The Morgan fingerprint density at radius 3 is 2.52 bits per heavy atom. The second-order valence-electron chi connectivity index (χ2n) is 4.70. The number of benzene rings is 2. The van der Waals surface area contributed by atoms with Gasteiger partial charge >= 0.3 is 0 Å². The first-order chi connectivity index (χ1) is 10.1. The number of nitrogens with one attached hydrogen (secondary N) is 1. The summed E-state index contributed by atoms with van der Waals surface area (Å²) in [4.78, 5) is 12.0. The van der Waals surface area contributed by atoms with Gasteiger partial charge in [0.15, 0.2) is 0 Å². The van der Waals surface area contributed by atoms with Crippen molar-refractivity contribution in [3.8, 4) is 5.75 Å². The average molecular weight is 289 g/mol. The van der Waals surface area contributed by atoms with Gasteiger partial charge in [-0.3, -0.25) is 4.79 Å². The lowest BCUT2D eigenvalue weighted by molar-refractivity contribution is 0.0913. The third kappa shape index (κ3) is 4.03. The molecule has 0 heterocycles. The van der Waals surface area contributed by atoms with Gasteiger partial charge in [-0.05, 0) is 24.1 Å². The molecule has 3 N–H and O–H groups in total. The van der Waals surface area contributed by atoms with Crippen molar-refractivity contribution in [3.63, 3.8) is 0 Å². The molecule has 0 aliphatic heterocycles. The fourth-order valence-electron chi connectivity index (χ4n) is 2.02. The molecule has 2 aromatic rings. The number of amides is 1. The maximum Gasteiger partial charge on any atom is 0.255 e. The van der Waals surface area contributed by atoms with E-state index in [1.54, 1.807) is 0 Å². The highest BCUT2D eigenvalue weighted by Gasteiger charge is 2.16. The summed E-state index contributed by atoms with van der Waals surface area (Å²) in [5.74, 6) is -1.60. The number of aromatic hydroxyl groups is 1. The van der Waals surface area contributed by atoms with Crippen LogP contribution < -0.4 is 5.32 Å². The van der Waals surface area contributed by atoms with Crippen molar-refractivity contribution in [2.45, 2.75) is 12.5 Å². The van der Waals surface area contributed by atoms with Gasteiger partial charge in [0.05, 0.1) is 18.2 Å². The van der Waals surface area contributed by atoms with Gasteiger partial charge in [-0.25, -0.2) is 4.39 Å². The number of halogens is 1. The summed E-state index contributed by atoms with van der Waals surface area (Å²) in [7, 11) is 0. The molecule has 0 aliphatic carbocycles. The fraction of sp³-hybridized carbons (Fsp3) is 0.188. The number of phenolic OH excluding ortho intramolecular Hbond substituents is 1. The van der Waals surface area contributed by atoms with Crippen LogP contribution in [0.15, 0.2) is 48.5 Å². The van der Waals surface area contributed by atoms with Crippen molar-refractivity contribution in [2.75, 3.05) is 6.61 Å². The van der Waals surface area contributed by atoms with Crippen LogP contribution in [0, 0.1) is 5.82 Å². The molecule has 21 heavy (non-hydrogen) atoms. The van der Waals surface area contributed by atoms with E-state index in [1.807, 2.05) is 30.3 Å². The molecule has 2 aromatic carbocycles. The zero-order valence-corrected chi connectivity index (χ0v) is 11.3. The standard InChI is InChI=1S/C16H16FNO3/c17-12-6-7-14(15(20)9-12)16(21)18-13(10-19)8-11-4-2-1-3-5-11/h1-7,9,13,19-20H,8,10H2,(H,18,21). The van der Waals surface area contributed by atoms with Crippen LogP contribution in [-0.4, -0.2) is 28.8 Å². The Balaban J connectivity index is 2.06. The van der Waals surface area contributed by atoms with E-state index in [1.165, 1.54) is 6.07 Å². The highest BCUT2D eigenvalue weighted by molar-refractivity contribution is 5.96. The van der Waals surface area contributed by atoms with Crippen molar-refractivity contribution in [3.05, 3.63) is 65.5 Å². The second-order valence-corrected chi connectivity index (χ2v) is 4.70. The third-order valence-electron chi connectivity index (χ3n) is 3.08. The number of carbonyl (C=O) groups excluding carboxylic acids is 1. The largest absolute Gasteiger partial charge is 0.507 e. The SMILES string of the molecule is O=C(NC(CO)Cc1ccccc1)c1ccc(F)cc1O. The molecule has 110 valence electrons. The third-order valence-corrected chi connectivity index (χ3v) is 3.08. The van der Waals surface area contributed by atoms with Gasteiger partial charge in [-0.2, -0.15) is 0 Å². The summed E-state index contributed by atoms with van der Waals surface area (Å²) in [5.41, 5.74) is 0.947. The molecule has 1 amide bonds. The highest BCUT2D eigenvalue weighted by Crippen LogP contribution is 2.18. The number of hydrogen-bond acceptors (Lipinski definition) is 3. The molecule has 0 bridgehead atoms. The first-order valence-corrected chi connectivity index (χ1v) is 6.54. The Hall–Kier alpha value is -2.40. The van der Waals surface area contributed by atoms with Crippen LogP contribution in [0.3, 0.4) is 0 Å². The van der Waals surface area contributed by atoms with Gasteiger partial charge in [0, 0.05) is 6.07 Å². The molecule has 0 radical (unpaired) electrons. The van der Waals surface area contributed by atoms with E-state index in [-0.39, 0.29) is 12.2 Å². The lowest BCUT2D eigenvalue weighted by atomic mass is 10.1. The smallest absolute Gasteiger partial charge is 0.255 e. The summed E-state index contributed by atoms with van der Waals surface area (Å²) in [6.07, 6.45) is 0.463. The second kappa shape index (κ2) is 6.85. The zero-order valence-electron chi connectivity index (χ0n) is 11.3. The quantitative estimate of drug-likeness (QED) is 0.787. The minimum Gasteiger partial charge on any atom is -0.507 e. The molecule has 5 heteroatoms. The van der Waals surface area contributed by atoms with E-state index in [4.69, 9.17) is 0 Å². The molecule has 1 unspecified atom stereocenters. The summed E-state index contributed by atoms with van der Waals surface area (Å²) < 4.78 is 12.9. The number of aliphatic hydroxyl groups is 1. The molecule has 0 saturated carbocycles. The average Bonchev–Trinajstić information content (AvgIpc) is 2.47. The number of hydrogen-bond donors (Lipinski definition) is 3. The van der Waals surface area contributed by atoms with Gasteiger partial charge in [-0.1, -0.05) is 30.3 Å². The Bertz CT molecular complexity index is 616. The molecule has 4 nitrogen and oxygen atoms in total. The molecular formula is C16H16FNO3. The zero-order chi connectivity index (χ0) is 15.2. The minimum atomic E-state index is -0.618. The van der Waals surface area contributed by atoms with E-state index in [9.17, 15) is 19.4 Å². The summed E-state index contributed by atoms with van der Waals surface area (Å²) >= 11 is 0. The van der Waals surface area contributed by atoms with Crippen LogP contribution in [0.4, 0.5) is 4.39 Å². The van der Waals surface area contributed by atoms with Crippen molar-refractivity contribution in [1.82, 2.24) is 5.32 Å². The van der Waals surface area contributed by atoms with Crippen molar-refractivity contribution >= 4 is 5.91 Å². The number of aliphatic hydroxyl groups excluding tert-OH is 1. The summed E-state index contributed by atoms with van der Waals surface area (Å²) in [5, 5.41) is 21.6. The number of carbonyl (C=O) groups is 1. The van der Waals surface area contributed by atoms with Crippen LogP contribution in [0.1, 0.15) is 15.9 Å². The first-order valence-electron chi connectivity index (χ1n) is 6.54. The molecule has 0 aliphatic rings. The normalized spacial score (nSPS) is 11.9. The molecule has 1 atom stereocenters. The Morgan fingerprint density at radius 2 is 1.90 bits per heavy atom. The summed E-state index contributed by atoms with van der Waals surface area (Å²) in [6, 6.07) is 12.1. The number of phenols is 1. The topological polar surface area (TPSA) is 69.6 Å². The Labute approximate surface area is 121 Å². The van der Waals surface area contributed by atoms with Crippen LogP contribution in [0.2, 0.25) is 0 Å². The molecule has 0 fully saturated rings. The van der Waals surface area contributed by atoms with Gasteiger partial charge in [-0.15, -0.1) is 0 Å². The van der Waals surface area contributed by atoms with Crippen LogP contribution in [-0.2, 0) is 6.42 Å². The van der Waals surface area contributed by atoms with Gasteiger partial charge < -0.3 is 15.5 Å². The van der Waals surface area contributed by atoms with Crippen molar-refractivity contribution < 1.29 is 19.4 Å². The van der Waals surface area contributed by atoms with Gasteiger partial charge in [0.1, 0.15) is 11.6 Å². The van der Waals surface area contributed by atoms with Crippen molar-refractivity contribution in [1.29, 1.82) is 0 Å². The Morgan fingerprint density at radius 1 is 1.19 bits per heavy atom. The molecule has 0 saturated heterocycles. The first kappa shape index (κ1) is 15.0.